The van der Waals surface area contributed by atoms with Crippen LogP contribution in [0.5, 0.6) is 0 Å². The zero-order chi connectivity index (χ0) is 32.9. The Balaban J connectivity index is 0.000000147. The Bertz CT molecular complexity index is 1860. The van der Waals surface area contributed by atoms with Crippen molar-refractivity contribution in [1.29, 1.82) is 0 Å². The number of fused-ring (bicyclic) bond motifs is 10. The second-order valence-corrected chi connectivity index (χ2v) is 15.3. The van der Waals surface area contributed by atoms with Crippen LogP contribution in [0.25, 0.3) is 22.5 Å². The van der Waals surface area contributed by atoms with Gasteiger partial charge in [-0.05, 0) is 176 Å². The summed E-state index contributed by atoms with van der Waals surface area (Å²) in [5, 5.41) is 0. The van der Waals surface area contributed by atoms with Crippen LogP contribution in [-0.4, -0.2) is 0 Å². The summed E-state index contributed by atoms with van der Waals surface area (Å²) in [6.45, 7) is 29.9. The molecule has 4 heterocycles. The molecule has 0 saturated heterocycles. The maximum absolute atomic E-state index is 2.61. The molecule has 46 heavy (non-hydrogen) atoms. The van der Waals surface area contributed by atoms with Gasteiger partial charge < -0.3 is 0 Å². The van der Waals surface area contributed by atoms with Crippen molar-refractivity contribution in [3.63, 3.8) is 0 Å². The van der Waals surface area contributed by atoms with Crippen LogP contribution >= 0.6 is 0 Å². The summed E-state index contributed by atoms with van der Waals surface area (Å²) < 4.78 is 5.20. The number of aromatic nitrogens is 2. The smallest absolute Gasteiger partial charge is 0.191 e. The number of hydrogen-bond donors (Lipinski definition) is 0. The average molecular weight is 613 g/mol. The van der Waals surface area contributed by atoms with Crippen LogP contribution in [0, 0.1) is 83.1 Å². The minimum Gasteiger partial charge on any atom is -0.191 e. The molecule has 2 heteroatoms. The molecule has 0 saturated carbocycles. The Labute approximate surface area is 278 Å². The summed E-state index contributed by atoms with van der Waals surface area (Å²) in [6, 6.07) is 0. The van der Waals surface area contributed by atoms with E-state index in [-0.39, 0.29) is 0 Å². The number of nitrogens with zero attached hydrogens (tertiary/aromatic N) is 2. The quantitative estimate of drug-likeness (QED) is 0.151. The van der Waals surface area contributed by atoms with Crippen molar-refractivity contribution in [3.05, 3.63) is 100 Å². The molecule has 0 atom stereocenters. The van der Waals surface area contributed by atoms with E-state index in [4.69, 9.17) is 0 Å². The Morgan fingerprint density at radius 2 is 0.717 bits per heavy atom. The van der Waals surface area contributed by atoms with Gasteiger partial charge in [0.2, 0.25) is 11.4 Å². The lowest BCUT2D eigenvalue weighted by Gasteiger charge is -2.23. The summed E-state index contributed by atoms with van der Waals surface area (Å²) in [5.41, 5.74) is 34.0. The maximum atomic E-state index is 2.61. The zero-order valence-electron chi connectivity index (χ0n) is 31.0. The van der Waals surface area contributed by atoms with Crippen molar-refractivity contribution in [2.24, 2.45) is 0 Å². The Kier molecular flexibility index (Phi) is 7.61. The molecule has 2 nitrogen and oxygen atoms in total. The SMILES string of the molecule is Cc1c(C)c(C)[n+]2c(c1C)-c1c(c(C)c(C)c3c1CCCC3)C2.Cc1c(C)c(C)c2c(c1C)C[n+]1c(C)c(C)c3c(c1-2)CCCC3. The third-order valence-electron chi connectivity index (χ3n) is 13.6. The summed E-state index contributed by atoms with van der Waals surface area (Å²) in [7, 11) is 0. The number of hydrogen-bond acceptors (Lipinski definition) is 0. The van der Waals surface area contributed by atoms with Gasteiger partial charge in [0.25, 0.3) is 0 Å². The van der Waals surface area contributed by atoms with Gasteiger partial charge in [-0.25, -0.2) is 0 Å². The van der Waals surface area contributed by atoms with E-state index in [1.807, 2.05) is 0 Å². The van der Waals surface area contributed by atoms with Gasteiger partial charge in [0.1, 0.15) is 0 Å². The molecule has 2 aromatic carbocycles. The van der Waals surface area contributed by atoms with E-state index >= 15 is 0 Å². The Morgan fingerprint density at radius 3 is 1.35 bits per heavy atom. The van der Waals surface area contributed by atoms with Crippen LogP contribution in [0.2, 0.25) is 0 Å². The molecule has 240 valence electrons. The number of rotatable bonds is 0. The molecular weight excluding hydrogens is 556 g/mol. The van der Waals surface area contributed by atoms with Crippen LogP contribution in [0.4, 0.5) is 0 Å². The molecular formula is C44H56N2+2. The predicted molar refractivity (Wildman–Crippen MR) is 192 cm³/mol. The lowest BCUT2D eigenvalue weighted by Crippen LogP contribution is -2.39. The first-order valence-corrected chi connectivity index (χ1v) is 18.1. The Hall–Kier alpha value is -3.26. The van der Waals surface area contributed by atoms with Gasteiger partial charge in [0.05, 0.1) is 11.1 Å². The van der Waals surface area contributed by atoms with E-state index in [1.54, 1.807) is 66.9 Å². The van der Waals surface area contributed by atoms with Gasteiger partial charge in [-0.3, -0.25) is 0 Å². The van der Waals surface area contributed by atoms with Crippen molar-refractivity contribution >= 4 is 0 Å². The molecule has 2 aliphatic heterocycles. The molecule has 0 fully saturated rings. The fourth-order valence-corrected chi connectivity index (χ4v) is 9.76. The highest BCUT2D eigenvalue weighted by atomic mass is 15.0. The normalized spacial score (nSPS) is 15.4. The van der Waals surface area contributed by atoms with Crippen LogP contribution in [0.1, 0.15) is 126 Å². The minimum atomic E-state index is 1.07. The fourth-order valence-electron chi connectivity index (χ4n) is 9.76. The fraction of sp³-hybridized carbons (Fsp3) is 0.500. The summed E-state index contributed by atoms with van der Waals surface area (Å²) in [4.78, 5) is 0. The molecule has 8 rings (SSSR count). The van der Waals surface area contributed by atoms with Crippen molar-refractivity contribution < 1.29 is 9.13 Å². The first-order chi connectivity index (χ1) is 21.9. The van der Waals surface area contributed by atoms with Gasteiger partial charge in [-0.15, -0.1) is 0 Å². The van der Waals surface area contributed by atoms with E-state index in [2.05, 4.69) is 92.2 Å². The highest BCUT2D eigenvalue weighted by molar-refractivity contribution is 5.77. The van der Waals surface area contributed by atoms with Crippen LogP contribution in [0.3, 0.4) is 0 Å². The second-order valence-electron chi connectivity index (χ2n) is 15.3. The number of pyridine rings is 2. The lowest BCUT2D eigenvalue weighted by atomic mass is 9.80. The largest absolute Gasteiger partial charge is 0.217 e. The van der Waals surface area contributed by atoms with E-state index in [0.717, 1.165) is 13.1 Å². The van der Waals surface area contributed by atoms with E-state index < -0.39 is 0 Å². The average Bonchev–Trinajstić information content (AvgIpc) is 3.67. The summed E-state index contributed by atoms with van der Waals surface area (Å²) in [6.07, 6.45) is 10.5. The van der Waals surface area contributed by atoms with Crippen molar-refractivity contribution in [1.82, 2.24) is 0 Å². The molecule has 0 N–H and O–H groups in total. The topological polar surface area (TPSA) is 7.76 Å². The molecule has 0 radical (unpaired) electrons. The molecule has 2 aliphatic carbocycles. The molecule has 0 unspecified atom stereocenters. The van der Waals surface area contributed by atoms with E-state index in [9.17, 15) is 0 Å². The third kappa shape index (κ3) is 4.27. The van der Waals surface area contributed by atoms with Gasteiger partial charge in [-0.1, -0.05) is 0 Å². The van der Waals surface area contributed by atoms with Crippen molar-refractivity contribution in [2.45, 2.75) is 148 Å². The monoisotopic (exact) mass is 612 g/mol. The number of benzene rings is 2. The summed E-state index contributed by atoms with van der Waals surface area (Å²) in [5.74, 6) is 0. The molecule has 4 aliphatic rings. The second kappa shape index (κ2) is 11.2. The molecule has 0 bridgehead atoms. The van der Waals surface area contributed by atoms with Gasteiger partial charge in [-0.2, -0.15) is 9.13 Å². The first-order valence-electron chi connectivity index (χ1n) is 18.1. The molecule has 2 aromatic heterocycles. The van der Waals surface area contributed by atoms with Gasteiger partial charge in [0, 0.05) is 47.2 Å². The molecule has 0 spiro atoms. The van der Waals surface area contributed by atoms with Crippen LogP contribution in [0.15, 0.2) is 0 Å². The van der Waals surface area contributed by atoms with Crippen LogP contribution in [-0.2, 0) is 38.8 Å². The van der Waals surface area contributed by atoms with E-state index in [0.29, 0.717) is 0 Å². The van der Waals surface area contributed by atoms with Crippen molar-refractivity contribution in [3.8, 4) is 22.5 Å². The van der Waals surface area contributed by atoms with Gasteiger partial charge in [0.15, 0.2) is 24.5 Å². The van der Waals surface area contributed by atoms with E-state index in [1.165, 1.54) is 107 Å². The van der Waals surface area contributed by atoms with Crippen molar-refractivity contribution in [2.75, 3.05) is 0 Å². The standard InChI is InChI=1S/2C22H28N/c1-12-13(2)17(6)23-11-20-15(4)14(3)18-9-7-8-10-19(18)21(20)22(23)16(12)5;1-12-13(2)15(4)21-20(14(12)3)11-23-17(6)16(5)18-9-7-8-10-19(18)22(21)23/h2*7-11H2,1-6H3/q2*+1. The Morgan fingerprint density at radius 1 is 0.304 bits per heavy atom. The highest BCUT2D eigenvalue weighted by Gasteiger charge is 2.39. The van der Waals surface area contributed by atoms with Crippen LogP contribution < -0.4 is 9.13 Å². The minimum absolute atomic E-state index is 1.07. The maximum Gasteiger partial charge on any atom is 0.217 e. The van der Waals surface area contributed by atoms with Gasteiger partial charge >= 0.3 is 0 Å². The molecule has 0 amide bonds. The zero-order valence-corrected chi connectivity index (χ0v) is 31.0. The third-order valence-corrected chi connectivity index (χ3v) is 13.6. The predicted octanol–water partition coefficient (Wildman–Crippen LogP) is 9.46. The molecule has 4 aromatic rings. The highest BCUT2D eigenvalue weighted by Crippen LogP contribution is 2.44. The lowest BCUT2D eigenvalue weighted by molar-refractivity contribution is -0.679. The summed E-state index contributed by atoms with van der Waals surface area (Å²) >= 11 is 0. The first kappa shape index (κ1) is 31.3.